The Labute approximate surface area is 154 Å². The molecule has 0 atom stereocenters. The van der Waals surface area contributed by atoms with Crippen LogP contribution in [0, 0.1) is 0 Å². The summed E-state index contributed by atoms with van der Waals surface area (Å²) in [5, 5.41) is 3.28. The lowest BCUT2D eigenvalue weighted by atomic mass is 10.1. The second kappa shape index (κ2) is 8.51. The van der Waals surface area contributed by atoms with E-state index in [-0.39, 0.29) is 5.91 Å². The average molecular weight is 355 g/mol. The van der Waals surface area contributed by atoms with Crippen molar-refractivity contribution in [3.8, 4) is 5.75 Å². The maximum atomic E-state index is 11.4. The second-order valence-corrected chi connectivity index (χ2v) is 6.22. The van der Waals surface area contributed by atoms with E-state index in [1.807, 2.05) is 29.2 Å². The molecule has 26 heavy (non-hydrogen) atoms. The number of methoxy groups -OCH3 is 1. The molecule has 7 nitrogen and oxygen atoms in total. The molecule has 0 unspecified atom stereocenters. The quantitative estimate of drug-likeness (QED) is 0.852. The molecule has 2 aromatic rings. The monoisotopic (exact) mass is 355 g/mol. The van der Waals surface area contributed by atoms with Crippen LogP contribution in [0.15, 0.2) is 36.5 Å². The summed E-state index contributed by atoms with van der Waals surface area (Å²) in [6.45, 7) is 5.38. The highest BCUT2D eigenvalue weighted by Gasteiger charge is 2.19. The van der Waals surface area contributed by atoms with Crippen LogP contribution in [-0.2, 0) is 11.2 Å². The molecule has 1 aromatic carbocycles. The summed E-state index contributed by atoms with van der Waals surface area (Å²) in [4.78, 5) is 24.4. The summed E-state index contributed by atoms with van der Waals surface area (Å²) < 4.78 is 5.38. The van der Waals surface area contributed by atoms with Gasteiger partial charge in [-0.2, -0.15) is 4.98 Å². The zero-order chi connectivity index (χ0) is 18.4. The molecule has 7 heteroatoms. The number of nitrogens with zero attached hydrogens (tertiary/aromatic N) is 4. The van der Waals surface area contributed by atoms with E-state index < -0.39 is 0 Å². The molecule has 1 aliphatic heterocycles. The number of para-hydroxylation sites is 1. The van der Waals surface area contributed by atoms with Gasteiger partial charge >= 0.3 is 0 Å². The lowest BCUT2D eigenvalue weighted by molar-refractivity contribution is -0.129. The third kappa shape index (κ3) is 4.41. The Morgan fingerprint density at radius 2 is 1.96 bits per heavy atom. The number of ether oxygens (including phenoxy) is 1. The molecule has 1 aromatic heterocycles. The molecular weight excluding hydrogens is 330 g/mol. The summed E-state index contributed by atoms with van der Waals surface area (Å²) >= 11 is 0. The number of amides is 1. The van der Waals surface area contributed by atoms with Gasteiger partial charge in [-0.1, -0.05) is 18.2 Å². The Bertz CT molecular complexity index is 744. The molecule has 2 heterocycles. The predicted octanol–water partition coefficient (Wildman–Crippen LogP) is 1.81. The standard InChI is InChI=1S/C19H25N5O2/c1-15(25)23-11-13-24(14-12-23)18-8-10-21-19(22-18)20-9-7-16-5-3-4-6-17(16)26-2/h3-6,8,10H,7,9,11-14H2,1-2H3,(H,20,21,22). The fourth-order valence-corrected chi connectivity index (χ4v) is 3.08. The fourth-order valence-electron chi connectivity index (χ4n) is 3.08. The molecule has 0 saturated carbocycles. The average Bonchev–Trinajstić information content (AvgIpc) is 2.68. The van der Waals surface area contributed by atoms with Gasteiger partial charge in [0.05, 0.1) is 7.11 Å². The molecule has 1 saturated heterocycles. The Morgan fingerprint density at radius 1 is 1.19 bits per heavy atom. The smallest absolute Gasteiger partial charge is 0.224 e. The van der Waals surface area contributed by atoms with Gasteiger partial charge in [0.2, 0.25) is 11.9 Å². The number of aromatic nitrogens is 2. The van der Waals surface area contributed by atoms with E-state index in [0.717, 1.165) is 56.3 Å². The third-order valence-electron chi connectivity index (χ3n) is 4.56. The Balaban J connectivity index is 1.55. The molecule has 0 spiro atoms. The normalized spacial score (nSPS) is 14.2. The second-order valence-electron chi connectivity index (χ2n) is 6.22. The van der Waals surface area contributed by atoms with Crippen LogP contribution in [0.4, 0.5) is 11.8 Å². The molecule has 1 amide bonds. The van der Waals surface area contributed by atoms with E-state index in [0.29, 0.717) is 5.95 Å². The zero-order valence-corrected chi connectivity index (χ0v) is 15.3. The first-order chi connectivity index (χ1) is 12.7. The van der Waals surface area contributed by atoms with Gasteiger partial charge in [0.1, 0.15) is 11.6 Å². The summed E-state index contributed by atoms with van der Waals surface area (Å²) in [5.74, 6) is 2.53. The van der Waals surface area contributed by atoms with Crippen molar-refractivity contribution in [2.24, 2.45) is 0 Å². The highest BCUT2D eigenvalue weighted by molar-refractivity contribution is 5.73. The van der Waals surface area contributed by atoms with Crippen molar-refractivity contribution < 1.29 is 9.53 Å². The van der Waals surface area contributed by atoms with E-state index in [4.69, 9.17) is 4.74 Å². The summed E-state index contributed by atoms with van der Waals surface area (Å²) in [6, 6.07) is 9.91. The van der Waals surface area contributed by atoms with Crippen molar-refractivity contribution in [1.82, 2.24) is 14.9 Å². The van der Waals surface area contributed by atoms with Crippen LogP contribution in [0.5, 0.6) is 5.75 Å². The molecular formula is C19H25N5O2. The first-order valence-corrected chi connectivity index (χ1v) is 8.86. The molecule has 0 radical (unpaired) electrons. The van der Waals surface area contributed by atoms with Gasteiger partial charge in [-0.05, 0) is 24.1 Å². The maximum absolute atomic E-state index is 11.4. The van der Waals surface area contributed by atoms with Crippen molar-refractivity contribution in [1.29, 1.82) is 0 Å². The van der Waals surface area contributed by atoms with Crippen molar-refractivity contribution >= 4 is 17.7 Å². The van der Waals surface area contributed by atoms with Crippen LogP contribution in [-0.4, -0.2) is 60.6 Å². The first kappa shape index (κ1) is 18.0. The van der Waals surface area contributed by atoms with Gasteiger partial charge in [-0.3, -0.25) is 4.79 Å². The van der Waals surface area contributed by atoms with E-state index in [1.54, 1.807) is 20.2 Å². The lowest BCUT2D eigenvalue weighted by Gasteiger charge is -2.34. The largest absolute Gasteiger partial charge is 0.496 e. The highest BCUT2D eigenvalue weighted by Crippen LogP contribution is 2.18. The van der Waals surface area contributed by atoms with Gasteiger partial charge in [0.25, 0.3) is 0 Å². The SMILES string of the molecule is COc1ccccc1CCNc1nccc(N2CCN(C(C)=O)CC2)n1. The van der Waals surface area contributed by atoms with Crippen molar-refractivity contribution in [2.75, 3.05) is 50.1 Å². The van der Waals surface area contributed by atoms with Crippen LogP contribution < -0.4 is 15.0 Å². The number of hydrogen-bond donors (Lipinski definition) is 1. The minimum absolute atomic E-state index is 0.131. The van der Waals surface area contributed by atoms with Crippen LogP contribution in [0.1, 0.15) is 12.5 Å². The topological polar surface area (TPSA) is 70.6 Å². The van der Waals surface area contributed by atoms with Crippen molar-refractivity contribution in [3.05, 3.63) is 42.1 Å². The molecule has 0 bridgehead atoms. The van der Waals surface area contributed by atoms with E-state index >= 15 is 0 Å². The Hall–Kier alpha value is -2.83. The number of anilines is 2. The Morgan fingerprint density at radius 3 is 2.69 bits per heavy atom. The number of carbonyl (C=O) groups excluding carboxylic acids is 1. The van der Waals surface area contributed by atoms with Gasteiger partial charge in [-0.15, -0.1) is 0 Å². The minimum atomic E-state index is 0.131. The van der Waals surface area contributed by atoms with Gasteiger partial charge in [0, 0.05) is 45.8 Å². The molecule has 0 aliphatic carbocycles. The predicted molar refractivity (Wildman–Crippen MR) is 102 cm³/mol. The molecule has 3 rings (SSSR count). The number of nitrogens with one attached hydrogen (secondary N) is 1. The van der Waals surface area contributed by atoms with E-state index in [2.05, 4.69) is 26.3 Å². The number of benzene rings is 1. The highest BCUT2D eigenvalue weighted by atomic mass is 16.5. The summed E-state index contributed by atoms with van der Waals surface area (Å²) in [5.41, 5.74) is 1.15. The van der Waals surface area contributed by atoms with Crippen LogP contribution in [0.2, 0.25) is 0 Å². The van der Waals surface area contributed by atoms with Gasteiger partial charge in [-0.25, -0.2) is 4.98 Å². The van der Waals surface area contributed by atoms with Gasteiger partial charge in [0.15, 0.2) is 0 Å². The van der Waals surface area contributed by atoms with E-state index in [1.165, 1.54) is 0 Å². The maximum Gasteiger partial charge on any atom is 0.224 e. The number of carbonyl (C=O) groups is 1. The summed E-state index contributed by atoms with van der Waals surface area (Å²) in [7, 11) is 1.69. The van der Waals surface area contributed by atoms with Gasteiger partial charge < -0.3 is 19.9 Å². The Kier molecular flexibility index (Phi) is 5.88. The number of rotatable bonds is 6. The molecule has 1 aliphatic rings. The molecule has 1 fully saturated rings. The van der Waals surface area contributed by atoms with Crippen molar-refractivity contribution in [2.45, 2.75) is 13.3 Å². The van der Waals surface area contributed by atoms with Crippen LogP contribution >= 0.6 is 0 Å². The van der Waals surface area contributed by atoms with E-state index in [9.17, 15) is 4.79 Å². The molecule has 138 valence electrons. The third-order valence-corrected chi connectivity index (χ3v) is 4.56. The van der Waals surface area contributed by atoms with Crippen molar-refractivity contribution in [3.63, 3.8) is 0 Å². The lowest BCUT2D eigenvalue weighted by Crippen LogP contribution is -2.48. The minimum Gasteiger partial charge on any atom is -0.496 e. The number of hydrogen-bond acceptors (Lipinski definition) is 6. The number of piperazine rings is 1. The zero-order valence-electron chi connectivity index (χ0n) is 15.3. The molecule has 1 N–H and O–H groups in total. The van der Waals surface area contributed by atoms with Crippen LogP contribution in [0.25, 0.3) is 0 Å². The fraction of sp³-hybridized carbons (Fsp3) is 0.421. The summed E-state index contributed by atoms with van der Waals surface area (Å²) in [6.07, 6.45) is 2.60. The first-order valence-electron chi connectivity index (χ1n) is 8.86. The van der Waals surface area contributed by atoms with Crippen LogP contribution in [0.3, 0.4) is 0 Å².